The Morgan fingerprint density at radius 3 is 2.68 bits per heavy atom. The Balaban J connectivity index is 1.73. The highest BCUT2D eigenvalue weighted by molar-refractivity contribution is 5.85. The van der Waals surface area contributed by atoms with Crippen LogP contribution >= 0.6 is 0 Å². The van der Waals surface area contributed by atoms with Gasteiger partial charge in [-0.2, -0.15) is 13.2 Å². The third-order valence-electron chi connectivity index (χ3n) is 4.92. The highest BCUT2D eigenvalue weighted by Gasteiger charge is 2.46. The molecule has 2 saturated heterocycles. The average Bonchev–Trinajstić information content (AvgIpc) is 2.97. The van der Waals surface area contributed by atoms with E-state index in [-0.39, 0.29) is 12.5 Å². The molecular formula is C16H18F3N3O3. The number of hydrogen-bond acceptors (Lipinski definition) is 3. The van der Waals surface area contributed by atoms with Crippen molar-refractivity contribution in [1.82, 2.24) is 14.8 Å². The lowest BCUT2D eigenvalue weighted by atomic mass is 9.79. The number of carbonyl (C=O) groups is 2. The van der Waals surface area contributed by atoms with Crippen LogP contribution in [-0.4, -0.2) is 40.9 Å². The van der Waals surface area contributed by atoms with Crippen LogP contribution in [0.1, 0.15) is 24.8 Å². The van der Waals surface area contributed by atoms with Crippen molar-refractivity contribution in [2.75, 3.05) is 19.6 Å². The van der Waals surface area contributed by atoms with E-state index < -0.39 is 35.2 Å². The molecule has 6 nitrogen and oxygen atoms in total. The molecular weight excluding hydrogens is 339 g/mol. The van der Waals surface area contributed by atoms with Crippen molar-refractivity contribution in [2.45, 2.75) is 32.0 Å². The normalized spacial score (nSPS) is 23.8. The summed E-state index contributed by atoms with van der Waals surface area (Å²) in [6.07, 6.45) is -1.88. The monoisotopic (exact) mass is 357 g/mol. The molecule has 3 rings (SSSR count). The molecule has 0 aromatic carbocycles. The fourth-order valence-corrected chi connectivity index (χ4v) is 3.47. The first-order chi connectivity index (χ1) is 11.7. The number of amides is 2. The molecule has 1 spiro atoms. The van der Waals surface area contributed by atoms with Gasteiger partial charge in [0.1, 0.15) is 6.54 Å². The molecule has 3 heterocycles. The van der Waals surface area contributed by atoms with Crippen LogP contribution in [0, 0.1) is 5.41 Å². The molecule has 1 atom stereocenters. The van der Waals surface area contributed by atoms with Gasteiger partial charge in [-0.1, -0.05) is 0 Å². The van der Waals surface area contributed by atoms with E-state index in [0.717, 1.165) is 17.1 Å². The molecule has 0 bridgehead atoms. The van der Waals surface area contributed by atoms with Gasteiger partial charge in [0.2, 0.25) is 11.8 Å². The molecule has 2 amide bonds. The van der Waals surface area contributed by atoms with E-state index in [4.69, 9.17) is 0 Å². The van der Waals surface area contributed by atoms with Crippen LogP contribution in [0.3, 0.4) is 0 Å². The largest absolute Gasteiger partial charge is 0.417 e. The van der Waals surface area contributed by atoms with E-state index in [1.165, 1.54) is 4.90 Å². The second-order valence-electron chi connectivity index (χ2n) is 6.59. The van der Waals surface area contributed by atoms with Crippen LogP contribution in [0.25, 0.3) is 0 Å². The van der Waals surface area contributed by atoms with E-state index in [9.17, 15) is 27.6 Å². The molecule has 2 aliphatic heterocycles. The number of hydrogen-bond donors (Lipinski definition) is 1. The first-order valence-corrected chi connectivity index (χ1v) is 8.05. The number of aromatic nitrogens is 1. The van der Waals surface area contributed by atoms with E-state index >= 15 is 0 Å². The lowest BCUT2D eigenvalue weighted by Gasteiger charge is -2.32. The minimum absolute atomic E-state index is 0.0784. The molecule has 1 N–H and O–H groups in total. The smallest absolute Gasteiger partial charge is 0.356 e. The lowest BCUT2D eigenvalue weighted by molar-refractivity contribution is -0.139. The van der Waals surface area contributed by atoms with Gasteiger partial charge in [0, 0.05) is 31.9 Å². The van der Waals surface area contributed by atoms with Crippen molar-refractivity contribution in [1.29, 1.82) is 0 Å². The second kappa shape index (κ2) is 6.20. The van der Waals surface area contributed by atoms with Gasteiger partial charge in [-0.05, 0) is 25.3 Å². The molecule has 1 aromatic heterocycles. The van der Waals surface area contributed by atoms with Crippen molar-refractivity contribution >= 4 is 11.8 Å². The predicted octanol–water partition coefficient (Wildman–Crippen LogP) is 0.996. The second-order valence-corrected chi connectivity index (χ2v) is 6.59. The molecule has 25 heavy (non-hydrogen) atoms. The van der Waals surface area contributed by atoms with E-state index in [2.05, 4.69) is 5.32 Å². The Morgan fingerprint density at radius 1 is 1.24 bits per heavy atom. The van der Waals surface area contributed by atoms with Crippen LogP contribution in [-0.2, 0) is 22.3 Å². The zero-order valence-corrected chi connectivity index (χ0v) is 13.4. The third kappa shape index (κ3) is 3.40. The predicted molar refractivity (Wildman–Crippen MR) is 81.6 cm³/mol. The molecule has 0 radical (unpaired) electrons. The molecule has 0 unspecified atom stereocenters. The zero-order valence-electron chi connectivity index (χ0n) is 13.4. The SMILES string of the molecule is O=C(Cn1cc(C(F)(F)F)ccc1=O)N1CC[C@@]2(CCCNC2=O)C1. The van der Waals surface area contributed by atoms with Crippen molar-refractivity contribution in [3.8, 4) is 0 Å². The maximum atomic E-state index is 12.8. The van der Waals surface area contributed by atoms with Gasteiger partial charge >= 0.3 is 6.18 Å². The van der Waals surface area contributed by atoms with Gasteiger partial charge < -0.3 is 14.8 Å². The summed E-state index contributed by atoms with van der Waals surface area (Å²) in [5.74, 6) is -0.540. The van der Waals surface area contributed by atoms with E-state index in [1.807, 2.05) is 0 Å². The zero-order chi connectivity index (χ0) is 18.2. The number of nitrogens with one attached hydrogen (secondary N) is 1. The van der Waals surface area contributed by atoms with Crippen LogP contribution < -0.4 is 10.9 Å². The third-order valence-corrected chi connectivity index (χ3v) is 4.92. The molecule has 136 valence electrons. The van der Waals surface area contributed by atoms with Crippen LogP contribution in [0.5, 0.6) is 0 Å². The summed E-state index contributed by atoms with van der Waals surface area (Å²) in [4.78, 5) is 37.8. The molecule has 9 heteroatoms. The number of halogens is 3. The fourth-order valence-electron chi connectivity index (χ4n) is 3.47. The average molecular weight is 357 g/mol. The summed E-state index contributed by atoms with van der Waals surface area (Å²) < 4.78 is 39.1. The number of pyridine rings is 1. The van der Waals surface area contributed by atoms with Gasteiger partial charge in [-0.25, -0.2) is 0 Å². The number of rotatable bonds is 2. The molecule has 2 aliphatic rings. The van der Waals surface area contributed by atoms with Gasteiger partial charge in [0.25, 0.3) is 5.56 Å². The van der Waals surface area contributed by atoms with Crippen LogP contribution in [0.15, 0.2) is 23.1 Å². The molecule has 1 aromatic rings. The lowest BCUT2D eigenvalue weighted by Crippen LogP contribution is -2.48. The molecule has 0 aliphatic carbocycles. The van der Waals surface area contributed by atoms with Crippen molar-refractivity contribution in [3.05, 3.63) is 34.2 Å². The summed E-state index contributed by atoms with van der Waals surface area (Å²) in [7, 11) is 0. The van der Waals surface area contributed by atoms with E-state index in [1.54, 1.807) is 0 Å². The maximum absolute atomic E-state index is 12.8. The number of nitrogens with zero attached hydrogens (tertiary/aromatic N) is 2. The van der Waals surface area contributed by atoms with Gasteiger partial charge in [0.05, 0.1) is 11.0 Å². The maximum Gasteiger partial charge on any atom is 0.417 e. The Labute approximate surface area is 141 Å². The summed E-state index contributed by atoms with van der Waals surface area (Å²) in [5, 5.41) is 2.80. The topological polar surface area (TPSA) is 71.4 Å². The highest BCUT2D eigenvalue weighted by atomic mass is 19.4. The van der Waals surface area contributed by atoms with Crippen molar-refractivity contribution in [3.63, 3.8) is 0 Å². The number of piperidine rings is 1. The standard InChI is InChI=1S/C16H18F3N3O3/c17-16(18,19)11-2-3-12(23)22(8-11)9-13(24)21-7-5-15(10-21)4-1-6-20-14(15)25/h2-3,8H,1,4-7,9-10H2,(H,20,25)/t15-/m0/s1. The highest BCUT2D eigenvalue weighted by Crippen LogP contribution is 2.37. The first-order valence-electron chi connectivity index (χ1n) is 8.05. The summed E-state index contributed by atoms with van der Waals surface area (Å²) >= 11 is 0. The van der Waals surface area contributed by atoms with Gasteiger partial charge in [0.15, 0.2) is 0 Å². The van der Waals surface area contributed by atoms with Crippen molar-refractivity contribution < 1.29 is 22.8 Å². The van der Waals surface area contributed by atoms with Gasteiger partial charge in [-0.15, -0.1) is 0 Å². The van der Waals surface area contributed by atoms with Crippen molar-refractivity contribution in [2.24, 2.45) is 5.41 Å². The fraction of sp³-hybridized carbons (Fsp3) is 0.562. The quantitative estimate of drug-likeness (QED) is 0.858. The first kappa shape index (κ1) is 17.5. The number of alkyl halides is 3. The Kier molecular flexibility index (Phi) is 4.34. The minimum Gasteiger partial charge on any atom is -0.356 e. The summed E-state index contributed by atoms with van der Waals surface area (Å²) in [6, 6.07) is 1.50. The minimum atomic E-state index is -4.59. The Morgan fingerprint density at radius 2 is 2.00 bits per heavy atom. The van der Waals surface area contributed by atoms with Gasteiger partial charge in [-0.3, -0.25) is 14.4 Å². The number of carbonyl (C=O) groups excluding carboxylic acids is 2. The van der Waals surface area contributed by atoms with Crippen LogP contribution in [0.2, 0.25) is 0 Å². The number of likely N-dealkylation sites (tertiary alicyclic amines) is 1. The van der Waals surface area contributed by atoms with Crippen LogP contribution in [0.4, 0.5) is 13.2 Å². The molecule has 2 fully saturated rings. The Hall–Kier alpha value is -2.32. The molecule has 0 saturated carbocycles. The Bertz CT molecular complexity index is 759. The summed E-state index contributed by atoms with van der Waals surface area (Å²) in [6.45, 7) is 0.750. The summed E-state index contributed by atoms with van der Waals surface area (Å²) in [5.41, 5.74) is -2.26. The van der Waals surface area contributed by atoms with E-state index in [0.29, 0.717) is 38.2 Å².